The van der Waals surface area contributed by atoms with Crippen LogP contribution in [0.15, 0.2) is 22.8 Å². The van der Waals surface area contributed by atoms with E-state index in [9.17, 15) is 10.1 Å². The van der Waals surface area contributed by atoms with Crippen LogP contribution in [-0.4, -0.2) is 25.5 Å². The molecule has 1 aromatic carbocycles. The number of nitrogens with one attached hydrogen (secondary N) is 2. The van der Waals surface area contributed by atoms with Crippen LogP contribution in [0.1, 0.15) is 5.82 Å². The molecular weight excluding hydrogens is 366 g/mol. The first-order chi connectivity index (χ1) is 10.0. The molecule has 0 aliphatic carbocycles. The van der Waals surface area contributed by atoms with Gasteiger partial charge in [-0.25, -0.2) is 0 Å². The van der Waals surface area contributed by atoms with Crippen LogP contribution >= 0.6 is 27.5 Å². The molecule has 0 aliphatic rings. The minimum absolute atomic E-state index is 0.0304. The zero-order valence-electron chi connectivity index (χ0n) is 10.0. The summed E-state index contributed by atoms with van der Waals surface area (Å²) >= 11 is 9.00. The number of allylic oxidation sites excluding steroid dienone is 1. The number of H-pyrrole nitrogens is 1. The van der Waals surface area contributed by atoms with Gasteiger partial charge in [0.15, 0.2) is 0 Å². The Labute approximate surface area is 130 Å². The first-order valence-electron chi connectivity index (χ1n) is 5.27. The molecule has 2 aromatic rings. The number of nitro groups is 1. The van der Waals surface area contributed by atoms with Gasteiger partial charge in [0.05, 0.1) is 4.92 Å². The van der Waals surface area contributed by atoms with E-state index in [2.05, 4.69) is 41.9 Å². The van der Waals surface area contributed by atoms with Crippen LogP contribution in [0.5, 0.6) is 0 Å². The summed E-state index contributed by atoms with van der Waals surface area (Å²) in [6.07, 6.45) is 1.23. The number of rotatable bonds is 4. The molecule has 2 N–H and O–H groups in total. The van der Waals surface area contributed by atoms with Crippen LogP contribution in [0.3, 0.4) is 0 Å². The summed E-state index contributed by atoms with van der Waals surface area (Å²) in [7, 11) is 0. The van der Waals surface area contributed by atoms with Crippen molar-refractivity contribution < 1.29 is 4.92 Å². The van der Waals surface area contributed by atoms with E-state index in [4.69, 9.17) is 16.9 Å². The number of benzene rings is 1. The van der Waals surface area contributed by atoms with Gasteiger partial charge in [-0.15, -0.1) is 10.2 Å². The van der Waals surface area contributed by atoms with Crippen LogP contribution in [0.2, 0.25) is 5.02 Å². The number of hydrogen-bond donors (Lipinski definition) is 2. The molecule has 1 heterocycles. The summed E-state index contributed by atoms with van der Waals surface area (Å²) in [5.74, 6) is 0.0609. The fourth-order valence-electron chi connectivity index (χ4n) is 1.42. The number of tetrazole rings is 1. The van der Waals surface area contributed by atoms with Gasteiger partial charge in [-0.1, -0.05) is 11.6 Å². The topological polar surface area (TPSA) is 133 Å². The maximum Gasteiger partial charge on any atom is 0.312 e. The Morgan fingerprint density at radius 1 is 1.62 bits per heavy atom. The second-order valence-electron chi connectivity index (χ2n) is 3.56. The molecule has 0 amide bonds. The van der Waals surface area contributed by atoms with Crippen LogP contribution in [0, 0.1) is 21.4 Å². The molecule has 0 bridgehead atoms. The van der Waals surface area contributed by atoms with E-state index >= 15 is 0 Å². The van der Waals surface area contributed by atoms with Crippen LogP contribution in [0.25, 0.3) is 5.57 Å². The first-order valence-corrected chi connectivity index (χ1v) is 6.44. The van der Waals surface area contributed by atoms with Gasteiger partial charge in [-0.2, -0.15) is 10.5 Å². The number of nitriles is 1. The number of halogens is 2. The Hall–Kier alpha value is -2.51. The highest BCUT2D eigenvalue weighted by Crippen LogP contribution is 2.38. The molecule has 0 saturated carbocycles. The molecular formula is C10H5BrClN7O2. The quantitative estimate of drug-likeness (QED) is 0.479. The van der Waals surface area contributed by atoms with Crippen molar-refractivity contribution in [3.8, 4) is 6.07 Å². The maximum absolute atomic E-state index is 11.1. The van der Waals surface area contributed by atoms with Gasteiger partial charge in [-0.3, -0.25) is 10.1 Å². The van der Waals surface area contributed by atoms with Gasteiger partial charge in [0.2, 0.25) is 5.82 Å². The van der Waals surface area contributed by atoms with Gasteiger partial charge >= 0.3 is 5.69 Å². The van der Waals surface area contributed by atoms with Crippen molar-refractivity contribution in [3.63, 3.8) is 0 Å². The lowest BCUT2D eigenvalue weighted by atomic mass is 10.2. The third-order valence-electron chi connectivity index (χ3n) is 2.33. The van der Waals surface area contributed by atoms with E-state index in [-0.39, 0.29) is 27.8 Å². The van der Waals surface area contributed by atoms with Crippen molar-refractivity contribution in [2.24, 2.45) is 0 Å². The van der Waals surface area contributed by atoms with Crippen molar-refractivity contribution in [2.75, 3.05) is 5.32 Å². The molecule has 0 saturated heterocycles. The summed E-state index contributed by atoms with van der Waals surface area (Å²) in [4.78, 5) is 10.5. The first kappa shape index (κ1) is 14.9. The summed E-state index contributed by atoms with van der Waals surface area (Å²) in [6, 6.07) is 4.79. The van der Waals surface area contributed by atoms with Crippen molar-refractivity contribution in [2.45, 2.75) is 0 Å². The third-order valence-corrected chi connectivity index (χ3v) is 3.29. The Balaban J connectivity index is 2.43. The van der Waals surface area contributed by atoms with E-state index in [0.29, 0.717) is 4.47 Å². The van der Waals surface area contributed by atoms with E-state index in [1.165, 1.54) is 12.3 Å². The minimum Gasteiger partial charge on any atom is -0.354 e. The Bertz CT molecular complexity index is 754. The van der Waals surface area contributed by atoms with E-state index in [0.717, 1.165) is 0 Å². The summed E-state index contributed by atoms with van der Waals surface area (Å²) < 4.78 is 0.417. The Kier molecular flexibility index (Phi) is 4.46. The zero-order chi connectivity index (χ0) is 15.4. The van der Waals surface area contributed by atoms with E-state index < -0.39 is 4.92 Å². The molecule has 0 fully saturated rings. The second kappa shape index (κ2) is 6.29. The lowest BCUT2D eigenvalue weighted by molar-refractivity contribution is -0.383. The highest BCUT2D eigenvalue weighted by atomic mass is 79.9. The normalized spacial score (nSPS) is 11.0. The molecule has 11 heteroatoms. The smallest absolute Gasteiger partial charge is 0.312 e. The fraction of sp³-hybridized carbons (Fsp3) is 0. The molecule has 0 aliphatic heterocycles. The third kappa shape index (κ3) is 3.15. The lowest BCUT2D eigenvalue weighted by Gasteiger charge is -2.06. The molecule has 9 nitrogen and oxygen atoms in total. The molecule has 1 aromatic heterocycles. The van der Waals surface area contributed by atoms with Gasteiger partial charge in [0.25, 0.3) is 0 Å². The lowest BCUT2D eigenvalue weighted by Crippen LogP contribution is -1.99. The second-order valence-corrected chi connectivity index (χ2v) is 4.82. The molecule has 106 valence electrons. The molecule has 21 heavy (non-hydrogen) atoms. The van der Waals surface area contributed by atoms with E-state index in [1.54, 1.807) is 6.07 Å². The van der Waals surface area contributed by atoms with Gasteiger partial charge in [-0.05, 0) is 33.3 Å². The van der Waals surface area contributed by atoms with Crippen molar-refractivity contribution in [1.29, 1.82) is 5.26 Å². The molecule has 0 radical (unpaired) electrons. The zero-order valence-corrected chi connectivity index (χ0v) is 12.4. The summed E-state index contributed by atoms with van der Waals surface area (Å²) in [5.41, 5.74) is -0.152. The Morgan fingerprint density at radius 3 is 2.95 bits per heavy atom. The number of aromatic nitrogens is 4. The van der Waals surface area contributed by atoms with E-state index in [1.807, 2.05) is 6.07 Å². The summed E-state index contributed by atoms with van der Waals surface area (Å²) in [6.45, 7) is 0. The standard InChI is InChI=1S/C10H5BrClN7O2/c11-6-1-2-7(12)9(19(20)21)8(6)14-4-5(3-13)10-15-17-18-16-10/h1-2,4,14H,(H,15,16,17,18). The SMILES string of the molecule is N#CC(=CNc1c(Br)ccc(Cl)c1[N+](=O)[O-])c1nn[nH]n1. The summed E-state index contributed by atoms with van der Waals surface area (Å²) in [5, 5.41) is 35.6. The van der Waals surface area contributed by atoms with Gasteiger partial charge in [0, 0.05) is 10.7 Å². The monoisotopic (exact) mass is 369 g/mol. The number of anilines is 1. The van der Waals surface area contributed by atoms with Crippen LogP contribution in [-0.2, 0) is 0 Å². The van der Waals surface area contributed by atoms with Crippen LogP contribution < -0.4 is 5.32 Å². The predicted molar refractivity (Wildman–Crippen MR) is 77.2 cm³/mol. The molecule has 2 rings (SSSR count). The molecule has 0 spiro atoms. The predicted octanol–water partition coefficient (Wildman–Crippen LogP) is 2.50. The van der Waals surface area contributed by atoms with Crippen molar-refractivity contribution >= 4 is 44.5 Å². The average Bonchev–Trinajstić information content (AvgIpc) is 2.96. The maximum atomic E-state index is 11.1. The fourth-order valence-corrected chi connectivity index (χ4v) is 2.08. The number of nitro benzene ring substituents is 1. The highest BCUT2D eigenvalue weighted by molar-refractivity contribution is 9.10. The molecule has 0 atom stereocenters. The number of aromatic amines is 1. The minimum atomic E-state index is -0.621. The van der Waals surface area contributed by atoms with Crippen molar-refractivity contribution in [3.05, 3.63) is 43.8 Å². The van der Waals surface area contributed by atoms with Crippen LogP contribution in [0.4, 0.5) is 11.4 Å². The highest BCUT2D eigenvalue weighted by Gasteiger charge is 2.21. The van der Waals surface area contributed by atoms with Gasteiger partial charge in [0.1, 0.15) is 22.4 Å². The largest absolute Gasteiger partial charge is 0.354 e. The molecule has 0 unspecified atom stereocenters. The average molecular weight is 371 g/mol. The van der Waals surface area contributed by atoms with Gasteiger partial charge < -0.3 is 5.32 Å². The van der Waals surface area contributed by atoms with Crippen molar-refractivity contribution in [1.82, 2.24) is 20.6 Å². The number of nitrogens with zero attached hydrogens (tertiary/aromatic N) is 5. The Morgan fingerprint density at radius 2 is 2.38 bits per heavy atom. The number of hydrogen-bond acceptors (Lipinski definition) is 7.